The van der Waals surface area contributed by atoms with Gasteiger partial charge in [-0.3, -0.25) is 19.8 Å². The Hall–Kier alpha value is -2.78. The summed E-state index contributed by atoms with van der Waals surface area (Å²) in [6, 6.07) is 5.94. The molecular formula is C17H19N5O3S. The Balaban J connectivity index is 1.98. The van der Waals surface area contributed by atoms with E-state index in [4.69, 9.17) is 0 Å². The van der Waals surface area contributed by atoms with Gasteiger partial charge in [0.25, 0.3) is 11.6 Å². The van der Waals surface area contributed by atoms with Crippen LogP contribution in [0.5, 0.6) is 0 Å². The largest absolute Gasteiger partial charge is 0.361 e. The molecule has 2 heterocycles. The number of benzene rings is 1. The second kappa shape index (κ2) is 7.63. The van der Waals surface area contributed by atoms with E-state index < -0.39 is 10.8 Å². The standard InChI is InChI=1S/C17H19N5O3S/c1-20-6-7-21(2)16(10-20)19-15-4-3-13(22(24)25)9-14(15)17(23)18-12-5-8-26-11-12/h3-5,8-9,11H,6-7,10H2,1-2H3,(H,18,23). The van der Waals surface area contributed by atoms with Crippen molar-refractivity contribution in [3.8, 4) is 0 Å². The summed E-state index contributed by atoms with van der Waals surface area (Å²) in [6.07, 6.45) is 0. The number of carbonyl (C=O) groups is 1. The number of nitro groups is 1. The molecule has 0 unspecified atom stereocenters. The van der Waals surface area contributed by atoms with E-state index in [0.717, 1.165) is 18.9 Å². The second-order valence-corrected chi connectivity index (χ2v) is 6.89. The van der Waals surface area contributed by atoms with E-state index in [1.807, 2.05) is 24.4 Å². The van der Waals surface area contributed by atoms with Crippen molar-refractivity contribution in [2.75, 3.05) is 39.0 Å². The van der Waals surface area contributed by atoms with Gasteiger partial charge in [-0.2, -0.15) is 11.3 Å². The Morgan fingerprint density at radius 1 is 1.31 bits per heavy atom. The Labute approximate surface area is 154 Å². The molecule has 1 aromatic heterocycles. The maximum Gasteiger partial charge on any atom is 0.270 e. The molecule has 1 aliphatic heterocycles. The Morgan fingerprint density at radius 3 is 2.81 bits per heavy atom. The number of hydrogen-bond donors (Lipinski definition) is 1. The maximum atomic E-state index is 12.7. The third-order valence-electron chi connectivity index (χ3n) is 4.13. The van der Waals surface area contributed by atoms with Crippen LogP contribution >= 0.6 is 11.3 Å². The molecule has 1 aromatic carbocycles. The van der Waals surface area contributed by atoms with Gasteiger partial charge in [-0.1, -0.05) is 0 Å². The van der Waals surface area contributed by atoms with E-state index >= 15 is 0 Å². The van der Waals surface area contributed by atoms with Crippen LogP contribution < -0.4 is 5.32 Å². The summed E-state index contributed by atoms with van der Waals surface area (Å²) in [5, 5.41) is 17.5. The molecule has 9 heteroatoms. The van der Waals surface area contributed by atoms with Crippen molar-refractivity contribution in [2.45, 2.75) is 0 Å². The van der Waals surface area contributed by atoms with Crippen molar-refractivity contribution in [3.05, 3.63) is 50.7 Å². The van der Waals surface area contributed by atoms with Crippen molar-refractivity contribution in [3.63, 3.8) is 0 Å². The van der Waals surface area contributed by atoms with Crippen LogP contribution in [0.1, 0.15) is 10.4 Å². The number of hydrogen-bond acceptors (Lipinski definition) is 6. The van der Waals surface area contributed by atoms with Gasteiger partial charge in [-0.25, -0.2) is 4.99 Å². The number of amides is 1. The summed E-state index contributed by atoms with van der Waals surface area (Å²) >= 11 is 1.46. The number of nitrogens with one attached hydrogen (secondary N) is 1. The number of anilines is 1. The number of carbonyl (C=O) groups excluding carboxylic acids is 1. The van der Waals surface area contributed by atoms with Crippen LogP contribution in [-0.4, -0.2) is 60.2 Å². The third-order valence-corrected chi connectivity index (χ3v) is 4.82. The molecule has 0 aliphatic carbocycles. The lowest BCUT2D eigenvalue weighted by Crippen LogP contribution is -2.46. The Bertz CT molecular complexity index is 850. The number of aliphatic imine (C=N–C) groups is 1. The third kappa shape index (κ3) is 4.06. The molecule has 0 spiro atoms. The summed E-state index contributed by atoms with van der Waals surface area (Å²) in [7, 11) is 3.95. The number of amidine groups is 1. The monoisotopic (exact) mass is 373 g/mol. The molecule has 1 amide bonds. The lowest BCUT2D eigenvalue weighted by atomic mass is 10.1. The summed E-state index contributed by atoms with van der Waals surface area (Å²) in [4.78, 5) is 32.1. The van der Waals surface area contributed by atoms with Gasteiger partial charge < -0.3 is 10.2 Å². The van der Waals surface area contributed by atoms with E-state index in [9.17, 15) is 14.9 Å². The maximum absolute atomic E-state index is 12.7. The SMILES string of the molecule is CN1CCN(C)C(=Nc2ccc([N+](=O)[O-])cc2C(=O)Nc2ccsc2)C1. The van der Waals surface area contributed by atoms with Crippen molar-refractivity contribution < 1.29 is 9.72 Å². The zero-order chi connectivity index (χ0) is 18.7. The van der Waals surface area contributed by atoms with Crippen LogP contribution in [0.4, 0.5) is 17.1 Å². The van der Waals surface area contributed by atoms with Crippen LogP contribution in [0, 0.1) is 10.1 Å². The molecule has 26 heavy (non-hydrogen) atoms. The highest BCUT2D eigenvalue weighted by molar-refractivity contribution is 7.08. The smallest absolute Gasteiger partial charge is 0.270 e. The Kier molecular flexibility index (Phi) is 5.29. The van der Waals surface area contributed by atoms with Crippen molar-refractivity contribution >= 4 is 40.1 Å². The predicted molar refractivity (Wildman–Crippen MR) is 103 cm³/mol. The van der Waals surface area contributed by atoms with Gasteiger partial charge in [0.15, 0.2) is 0 Å². The average Bonchev–Trinajstić information content (AvgIpc) is 3.11. The minimum Gasteiger partial charge on any atom is -0.361 e. The molecule has 0 saturated carbocycles. The first-order valence-electron chi connectivity index (χ1n) is 8.03. The second-order valence-electron chi connectivity index (χ2n) is 6.11. The molecule has 1 saturated heterocycles. The first kappa shape index (κ1) is 18.0. The Morgan fingerprint density at radius 2 is 2.12 bits per heavy atom. The molecule has 8 nitrogen and oxygen atoms in total. The molecule has 136 valence electrons. The summed E-state index contributed by atoms with van der Waals surface area (Å²) in [5.41, 5.74) is 1.11. The number of nitrogens with zero attached hydrogens (tertiary/aromatic N) is 4. The van der Waals surface area contributed by atoms with Crippen LogP contribution in [0.25, 0.3) is 0 Å². The first-order chi connectivity index (χ1) is 12.4. The molecule has 1 N–H and O–H groups in total. The highest BCUT2D eigenvalue weighted by Crippen LogP contribution is 2.27. The van der Waals surface area contributed by atoms with Crippen LogP contribution in [0.3, 0.4) is 0 Å². The number of nitro benzene ring substituents is 1. The minimum atomic E-state index is -0.515. The summed E-state index contributed by atoms with van der Waals surface area (Å²) < 4.78 is 0. The van der Waals surface area contributed by atoms with Gasteiger partial charge in [-0.05, 0) is 24.6 Å². The van der Waals surface area contributed by atoms with Gasteiger partial charge >= 0.3 is 0 Å². The fourth-order valence-electron chi connectivity index (χ4n) is 2.60. The first-order valence-corrected chi connectivity index (χ1v) is 8.97. The van der Waals surface area contributed by atoms with Gasteiger partial charge in [0.1, 0.15) is 5.84 Å². The van der Waals surface area contributed by atoms with Crippen LogP contribution in [-0.2, 0) is 0 Å². The molecule has 1 fully saturated rings. The molecule has 3 rings (SSSR count). The molecule has 2 aromatic rings. The van der Waals surface area contributed by atoms with Gasteiger partial charge in [0.05, 0.1) is 28.4 Å². The molecular weight excluding hydrogens is 354 g/mol. The average molecular weight is 373 g/mol. The number of thiophene rings is 1. The van der Waals surface area contributed by atoms with Gasteiger partial charge in [-0.15, -0.1) is 0 Å². The normalized spacial score (nSPS) is 16.7. The fourth-order valence-corrected chi connectivity index (χ4v) is 3.19. The minimum absolute atomic E-state index is 0.140. The van der Waals surface area contributed by atoms with Crippen molar-refractivity contribution in [1.29, 1.82) is 0 Å². The van der Waals surface area contributed by atoms with E-state index in [1.54, 1.807) is 11.4 Å². The molecule has 0 radical (unpaired) electrons. The van der Waals surface area contributed by atoms with Crippen molar-refractivity contribution in [1.82, 2.24) is 9.80 Å². The predicted octanol–water partition coefficient (Wildman–Crippen LogP) is 2.82. The topological polar surface area (TPSA) is 91.1 Å². The number of likely N-dealkylation sites (N-methyl/N-ethyl adjacent to an activating group) is 2. The van der Waals surface area contributed by atoms with E-state index in [-0.39, 0.29) is 11.3 Å². The zero-order valence-electron chi connectivity index (χ0n) is 14.5. The molecule has 1 aliphatic rings. The zero-order valence-corrected chi connectivity index (χ0v) is 15.3. The van der Waals surface area contributed by atoms with Gasteiger partial charge in [0.2, 0.25) is 0 Å². The summed E-state index contributed by atoms with van der Waals surface area (Å²) in [5.74, 6) is 0.399. The number of piperazine rings is 1. The lowest BCUT2D eigenvalue weighted by molar-refractivity contribution is -0.384. The number of non-ortho nitro benzene ring substituents is 1. The van der Waals surface area contributed by atoms with Crippen LogP contribution in [0.15, 0.2) is 40.0 Å². The molecule has 0 atom stereocenters. The highest BCUT2D eigenvalue weighted by atomic mass is 32.1. The highest BCUT2D eigenvalue weighted by Gasteiger charge is 2.20. The van der Waals surface area contributed by atoms with E-state index in [2.05, 4.69) is 15.2 Å². The van der Waals surface area contributed by atoms with Crippen molar-refractivity contribution in [2.24, 2.45) is 4.99 Å². The molecule has 0 bridgehead atoms. The summed E-state index contributed by atoms with van der Waals surface area (Å²) in [6.45, 7) is 2.42. The van der Waals surface area contributed by atoms with E-state index in [0.29, 0.717) is 17.9 Å². The van der Waals surface area contributed by atoms with Crippen LogP contribution in [0.2, 0.25) is 0 Å². The van der Waals surface area contributed by atoms with E-state index in [1.165, 1.54) is 29.5 Å². The fraction of sp³-hybridized carbons (Fsp3) is 0.294. The number of rotatable bonds is 4. The van der Waals surface area contributed by atoms with Gasteiger partial charge in [0, 0.05) is 37.6 Å². The quantitative estimate of drug-likeness (QED) is 0.657. The lowest BCUT2D eigenvalue weighted by Gasteiger charge is -2.32.